The zero-order valence-corrected chi connectivity index (χ0v) is 11.6. The summed E-state index contributed by atoms with van der Waals surface area (Å²) in [5.41, 5.74) is -0.881. The number of hydrogen-bond donors (Lipinski definition) is 3. The molecule has 1 unspecified atom stereocenters. The van der Waals surface area contributed by atoms with Gasteiger partial charge in [0.15, 0.2) is 6.23 Å². The van der Waals surface area contributed by atoms with Crippen LogP contribution in [0.5, 0.6) is 0 Å². The fourth-order valence-electron chi connectivity index (χ4n) is 1.97. The highest BCUT2D eigenvalue weighted by Crippen LogP contribution is 2.27. The minimum absolute atomic E-state index is 0.185. The van der Waals surface area contributed by atoms with Crippen molar-refractivity contribution >= 4 is 17.3 Å². The highest BCUT2D eigenvalue weighted by atomic mass is 32.1. The molecule has 0 radical (unpaired) electrons. The lowest BCUT2D eigenvalue weighted by Gasteiger charge is -2.16. The summed E-state index contributed by atoms with van der Waals surface area (Å²) in [4.78, 5) is 34.2. The van der Waals surface area contributed by atoms with Crippen molar-refractivity contribution in [1.29, 1.82) is 0 Å². The molecule has 116 valence electrons. The van der Waals surface area contributed by atoms with E-state index in [4.69, 9.17) is 9.84 Å². The predicted molar refractivity (Wildman–Crippen MR) is 69.2 cm³/mol. The summed E-state index contributed by atoms with van der Waals surface area (Å²) >= 11 is 0.447. The van der Waals surface area contributed by atoms with Gasteiger partial charge in [0.25, 0.3) is 5.56 Å². The van der Waals surface area contributed by atoms with E-state index >= 15 is 0 Å². The number of ether oxygens (including phenoxy) is 2. The molecule has 0 amide bonds. The number of carbonyl (C=O) groups is 1. The number of rotatable bonds is 3. The molecule has 1 fully saturated rings. The molecule has 0 aromatic carbocycles. The summed E-state index contributed by atoms with van der Waals surface area (Å²) < 4.78 is 10.1. The number of methoxy groups -OCH3 is 1. The van der Waals surface area contributed by atoms with Crippen LogP contribution in [0.1, 0.15) is 15.9 Å². The maximum absolute atomic E-state index is 12.0. The van der Waals surface area contributed by atoms with Gasteiger partial charge in [-0.25, -0.2) is 9.36 Å². The Kier molecular flexibility index (Phi) is 4.54. The van der Waals surface area contributed by atoms with Crippen LogP contribution < -0.4 is 10.4 Å². The smallest absolute Gasteiger partial charge is 0.348 e. The first-order valence-corrected chi connectivity index (χ1v) is 6.69. The Morgan fingerprint density at radius 3 is 2.57 bits per heavy atom. The van der Waals surface area contributed by atoms with Crippen LogP contribution >= 0.6 is 11.3 Å². The second kappa shape index (κ2) is 6.03. The molecule has 3 N–H and O–H groups in total. The van der Waals surface area contributed by atoms with Gasteiger partial charge in [-0.3, -0.25) is 9.59 Å². The van der Waals surface area contributed by atoms with E-state index in [0.29, 0.717) is 15.9 Å². The molecule has 1 aliphatic heterocycles. The highest BCUT2D eigenvalue weighted by Gasteiger charge is 2.44. The van der Waals surface area contributed by atoms with Crippen LogP contribution in [0.15, 0.2) is 15.7 Å². The summed E-state index contributed by atoms with van der Waals surface area (Å²) in [5, 5.41) is 28.4. The van der Waals surface area contributed by atoms with E-state index in [9.17, 15) is 24.6 Å². The van der Waals surface area contributed by atoms with Gasteiger partial charge < -0.3 is 24.8 Å². The Hall–Kier alpha value is -1.59. The fourth-order valence-corrected chi connectivity index (χ4v) is 2.77. The van der Waals surface area contributed by atoms with Gasteiger partial charge in [0.05, 0.1) is 13.7 Å². The lowest BCUT2D eigenvalue weighted by Crippen LogP contribution is -2.40. The van der Waals surface area contributed by atoms with Crippen LogP contribution in [0.4, 0.5) is 0 Å². The molecule has 0 aliphatic carbocycles. The standard InChI is InChI=1S/C11H13NO8S/c1-19-10(17)5-2-6(14)12(11(18)21-5)9-8(16)7(15)4(3-13)20-9/h2,4,7-9,13,15-16H,3H2,1H3/t4-,7-,8-,9?/m1/s1. The Labute approximate surface area is 121 Å². The SMILES string of the molecule is COC(=O)c1cc(=O)n(C2O[C@H](CO)[C@@H](O)[C@H]2O)c(=O)s1. The van der Waals surface area contributed by atoms with Crippen LogP contribution in [-0.4, -0.2) is 57.9 Å². The lowest BCUT2D eigenvalue weighted by molar-refractivity contribution is -0.0553. The van der Waals surface area contributed by atoms with Gasteiger partial charge in [0.1, 0.15) is 23.2 Å². The molecular weight excluding hydrogens is 306 g/mol. The van der Waals surface area contributed by atoms with Crippen LogP contribution in [0.25, 0.3) is 0 Å². The van der Waals surface area contributed by atoms with E-state index in [2.05, 4.69) is 4.74 Å². The summed E-state index contributed by atoms with van der Waals surface area (Å²) in [6.45, 7) is -0.582. The van der Waals surface area contributed by atoms with Crippen molar-refractivity contribution in [3.8, 4) is 0 Å². The third-order valence-corrected chi connectivity index (χ3v) is 3.92. The Morgan fingerprint density at radius 2 is 2.10 bits per heavy atom. The molecule has 9 nitrogen and oxygen atoms in total. The third kappa shape index (κ3) is 2.76. The third-order valence-electron chi connectivity index (χ3n) is 3.04. The van der Waals surface area contributed by atoms with E-state index in [0.717, 1.165) is 13.2 Å². The maximum Gasteiger partial charge on any atom is 0.348 e. The molecule has 1 aromatic heterocycles. The van der Waals surface area contributed by atoms with Crippen LogP contribution in [0, 0.1) is 0 Å². The van der Waals surface area contributed by atoms with Gasteiger partial charge in [0.2, 0.25) is 0 Å². The Balaban J connectivity index is 2.45. The van der Waals surface area contributed by atoms with Crippen LogP contribution in [0.2, 0.25) is 0 Å². The summed E-state index contributed by atoms with van der Waals surface area (Å²) in [6, 6.07) is 0.882. The first-order valence-electron chi connectivity index (χ1n) is 5.88. The largest absolute Gasteiger partial charge is 0.465 e. The number of aromatic nitrogens is 1. The molecule has 1 saturated heterocycles. The van der Waals surface area contributed by atoms with Crippen molar-refractivity contribution in [3.63, 3.8) is 0 Å². The molecule has 0 saturated carbocycles. The minimum Gasteiger partial charge on any atom is -0.465 e. The Morgan fingerprint density at radius 1 is 1.43 bits per heavy atom. The van der Waals surface area contributed by atoms with Crippen LogP contribution in [0.3, 0.4) is 0 Å². The second-order valence-electron chi connectivity index (χ2n) is 4.31. The average molecular weight is 319 g/mol. The highest BCUT2D eigenvalue weighted by molar-refractivity contribution is 7.11. The summed E-state index contributed by atoms with van der Waals surface area (Å²) in [6.07, 6.45) is -5.53. The van der Waals surface area contributed by atoms with E-state index in [-0.39, 0.29) is 4.88 Å². The van der Waals surface area contributed by atoms with Gasteiger partial charge in [0, 0.05) is 6.07 Å². The Bertz CT molecular complexity index is 621. The van der Waals surface area contributed by atoms with Crippen molar-refractivity contribution in [3.05, 3.63) is 31.0 Å². The first kappa shape index (κ1) is 15.8. The van der Waals surface area contributed by atoms with Gasteiger partial charge in [-0.15, -0.1) is 0 Å². The number of aliphatic hydroxyl groups is 3. The lowest BCUT2D eigenvalue weighted by atomic mass is 10.1. The second-order valence-corrected chi connectivity index (χ2v) is 5.30. The number of aliphatic hydroxyl groups excluding tert-OH is 3. The van der Waals surface area contributed by atoms with Crippen molar-refractivity contribution in [2.45, 2.75) is 24.5 Å². The van der Waals surface area contributed by atoms with Gasteiger partial charge in [-0.1, -0.05) is 11.3 Å². The molecular formula is C11H13NO8S. The fraction of sp³-hybridized carbons (Fsp3) is 0.545. The average Bonchev–Trinajstić information content (AvgIpc) is 2.73. The van der Waals surface area contributed by atoms with Gasteiger partial charge in [-0.05, 0) is 0 Å². The van der Waals surface area contributed by atoms with E-state index in [1.807, 2.05) is 0 Å². The number of hydrogen-bond acceptors (Lipinski definition) is 9. The topological polar surface area (TPSA) is 135 Å². The van der Waals surface area contributed by atoms with Crippen LogP contribution in [-0.2, 0) is 9.47 Å². The van der Waals surface area contributed by atoms with Crippen molar-refractivity contribution in [1.82, 2.24) is 4.57 Å². The molecule has 2 rings (SSSR count). The molecule has 2 heterocycles. The summed E-state index contributed by atoms with van der Waals surface area (Å²) in [5.74, 6) is -0.831. The monoisotopic (exact) mass is 319 g/mol. The normalized spacial score (nSPS) is 28.6. The molecule has 4 atom stereocenters. The van der Waals surface area contributed by atoms with E-state index in [1.165, 1.54) is 0 Å². The van der Waals surface area contributed by atoms with Gasteiger partial charge in [-0.2, -0.15) is 0 Å². The summed E-state index contributed by atoms with van der Waals surface area (Å²) in [7, 11) is 1.11. The molecule has 21 heavy (non-hydrogen) atoms. The van der Waals surface area contributed by atoms with Gasteiger partial charge >= 0.3 is 10.8 Å². The maximum atomic E-state index is 12.0. The quantitative estimate of drug-likeness (QED) is 0.528. The first-order chi connectivity index (χ1) is 9.90. The molecule has 10 heteroatoms. The number of esters is 1. The molecule has 0 spiro atoms. The van der Waals surface area contributed by atoms with Crippen molar-refractivity contribution in [2.75, 3.05) is 13.7 Å². The van der Waals surface area contributed by atoms with Crippen molar-refractivity contribution in [2.24, 2.45) is 0 Å². The minimum atomic E-state index is -1.55. The molecule has 1 aliphatic rings. The number of carbonyl (C=O) groups excluding carboxylic acids is 1. The zero-order valence-electron chi connectivity index (χ0n) is 10.8. The van der Waals surface area contributed by atoms with Crippen molar-refractivity contribution < 1.29 is 29.6 Å². The number of nitrogens with zero attached hydrogens (tertiary/aromatic N) is 1. The zero-order chi connectivity index (χ0) is 15.7. The van der Waals surface area contributed by atoms with E-state index < -0.39 is 47.5 Å². The molecule has 0 bridgehead atoms. The van der Waals surface area contributed by atoms with E-state index in [1.54, 1.807) is 0 Å². The predicted octanol–water partition coefficient (Wildman–Crippen LogP) is -2.33. The molecule has 1 aromatic rings.